The molecule has 1 aliphatic carbocycles. The predicted octanol–water partition coefficient (Wildman–Crippen LogP) is 3.78. The minimum absolute atomic E-state index is 0.0206. The van der Waals surface area contributed by atoms with E-state index in [2.05, 4.69) is 15.2 Å². The molecule has 1 aromatic carbocycles. The largest absolute Gasteiger partial charge is 0.481 e. The molecule has 4 rings (SSSR count). The monoisotopic (exact) mass is 472 g/mol. The number of likely N-dealkylation sites (tertiary alicyclic amines) is 1. The van der Waals surface area contributed by atoms with Gasteiger partial charge in [-0.1, -0.05) is 23.4 Å². The number of aromatic nitrogens is 3. The van der Waals surface area contributed by atoms with E-state index in [0.29, 0.717) is 38.0 Å². The van der Waals surface area contributed by atoms with Crippen LogP contribution in [0.4, 0.5) is 4.39 Å². The second kappa shape index (κ2) is 10.6. The summed E-state index contributed by atoms with van der Waals surface area (Å²) in [4.78, 5) is 26.0. The molecule has 1 saturated heterocycles. The average Bonchev–Trinajstić information content (AvgIpc) is 3.55. The van der Waals surface area contributed by atoms with Gasteiger partial charge < -0.3 is 5.11 Å². The number of aryl methyl sites for hydroxylation is 1. The lowest BCUT2D eigenvalue weighted by Gasteiger charge is -2.37. The summed E-state index contributed by atoms with van der Waals surface area (Å²) in [6.07, 6.45) is 7.57. The zero-order valence-electron chi connectivity index (χ0n) is 18.4. The highest BCUT2D eigenvalue weighted by Crippen LogP contribution is 2.39. The Hall–Kier alpha value is -2.52. The lowest BCUT2D eigenvalue weighted by Crippen LogP contribution is -2.42. The zero-order chi connectivity index (χ0) is 23.4. The van der Waals surface area contributed by atoms with Crippen LogP contribution in [-0.4, -0.2) is 55.1 Å². The van der Waals surface area contributed by atoms with Crippen LogP contribution in [0.15, 0.2) is 36.0 Å². The Kier molecular flexibility index (Phi) is 7.60. The molecule has 176 valence electrons. The number of rotatable bonds is 10. The van der Waals surface area contributed by atoms with Gasteiger partial charge in [0.05, 0.1) is 17.9 Å². The molecule has 1 aromatic heterocycles. The van der Waals surface area contributed by atoms with E-state index in [9.17, 15) is 14.0 Å². The van der Waals surface area contributed by atoms with Crippen LogP contribution < -0.4 is 0 Å². The van der Waals surface area contributed by atoms with Crippen molar-refractivity contribution in [3.8, 4) is 0 Å². The normalized spacial score (nSPS) is 21.3. The van der Waals surface area contributed by atoms with Crippen molar-refractivity contribution < 1.29 is 19.1 Å². The Labute approximate surface area is 198 Å². The van der Waals surface area contributed by atoms with E-state index < -0.39 is 12.0 Å². The fraction of sp³-hybridized carbons (Fsp3) is 0.500. The summed E-state index contributed by atoms with van der Waals surface area (Å²) in [5.74, 6) is -1.03. The number of unbranched alkanes of at least 4 members (excludes halogenated alkanes) is 1. The SMILES string of the molecule is O=C(O)CCCCn1nncc1/C=C1/CN(C(C(=O)C2CC2)c2ccccc2F)CCC1S. The smallest absolute Gasteiger partial charge is 0.303 e. The number of hydrogen-bond acceptors (Lipinski definition) is 6. The molecule has 1 N–H and O–H groups in total. The van der Waals surface area contributed by atoms with Gasteiger partial charge in [0.1, 0.15) is 5.82 Å². The number of ketones is 1. The molecule has 1 saturated carbocycles. The summed E-state index contributed by atoms with van der Waals surface area (Å²) in [5.41, 5.74) is 2.29. The first kappa shape index (κ1) is 23.6. The van der Waals surface area contributed by atoms with E-state index in [1.54, 1.807) is 29.1 Å². The minimum atomic E-state index is -0.804. The number of Topliss-reactive ketones (excluding diaryl/α,β-unsaturated/α-hetero) is 1. The molecule has 0 spiro atoms. The highest BCUT2D eigenvalue weighted by Gasteiger charge is 2.40. The molecule has 2 aliphatic rings. The lowest BCUT2D eigenvalue weighted by atomic mass is 9.93. The third kappa shape index (κ3) is 5.89. The fourth-order valence-electron chi connectivity index (χ4n) is 4.35. The second-order valence-electron chi connectivity index (χ2n) is 8.83. The van der Waals surface area contributed by atoms with Crippen molar-refractivity contribution in [2.45, 2.75) is 56.4 Å². The third-order valence-corrected chi connectivity index (χ3v) is 6.90. The van der Waals surface area contributed by atoms with Gasteiger partial charge in [-0.05, 0) is 49.8 Å². The van der Waals surface area contributed by atoms with Crippen LogP contribution in [0.5, 0.6) is 0 Å². The number of carbonyl (C=O) groups excluding carboxylic acids is 1. The van der Waals surface area contributed by atoms with Crippen LogP contribution >= 0.6 is 12.6 Å². The van der Waals surface area contributed by atoms with Gasteiger partial charge in [0.15, 0.2) is 5.78 Å². The van der Waals surface area contributed by atoms with E-state index in [1.165, 1.54) is 6.07 Å². The summed E-state index contributed by atoms with van der Waals surface area (Å²) in [5, 5.41) is 17.0. The highest BCUT2D eigenvalue weighted by atomic mass is 32.1. The van der Waals surface area contributed by atoms with Crippen molar-refractivity contribution in [3.05, 3.63) is 53.1 Å². The summed E-state index contributed by atoms with van der Waals surface area (Å²) in [6.45, 7) is 1.75. The molecule has 2 unspecified atom stereocenters. The van der Waals surface area contributed by atoms with Crippen LogP contribution in [-0.2, 0) is 16.1 Å². The number of carboxylic acid groups (broad SMARTS) is 1. The van der Waals surface area contributed by atoms with Gasteiger partial charge >= 0.3 is 5.97 Å². The first-order valence-electron chi connectivity index (χ1n) is 11.4. The Balaban J connectivity index is 1.53. The number of benzene rings is 1. The summed E-state index contributed by atoms with van der Waals surface area (Å²) >= 11 is 4.76. The van der Waals surface area contributed by atoms with Gasteiger partial charge in [-0.15, -0.1) is 5.10 Å². The molecule has 0 radical (unpaired) electrons. The average molecular weight is 473 g/mol. The topological polar surface area (TPSA) is 88.3 Å². The third-order valence-electron chi connectivity index (χ3n) is 6.31. The second-order valence-corrected chi connectivity index (χ2v) is 9.45. The Morgan fingerprint density at radius 3 is 2.76 bits per heavy atom. The van der Waals surface area contributed by atoms with E-state index >= 15 is 0 Å². The molecule has 9 heteroatoms. The molecule has 7 nitrogen and oxygen atoms in total. The Morgan fingerprint density at radius 1 is 1.24 bits per heavy atom. The van der Waals surface area contributed by atoms with Gasteiger partial charge in [-0.2, -0.15) is 12.6 Å². The molecule has 1 aliphatic heterocycles. The fourth-order valence-corrected chi connectivity index (χ4v) is 4.62. The first-order valence-corrected chi connectivity index (χ1v) is 12.0. The summed E-state index contributed by atoms with van der Waals surface area (Å²) in [7, 11) is 0. The summed E-state index contributed by atoms with van der Waals surface area (Å²) in [6, 6.07) is 5.96. The number of carboxylic acids is 1. The number of piperidine rings is 1. The predicted molar refractivity (Wildman–Crippen MR) is 125 cm³/mol. The molecule has 2 atom stereocenters. The maximum atomic E-state index is 14.7. The highest BCUT2D eigenvalue weighted by molar-refractivity contribution is 7.81. The van der Waals surface area contributed by atoms with Crippen LogP contribution in [0, 0.1) is 11.7 Å². The van der Waals surface area contributed by atoms with Crippen molar-refractivity contribution in [1.29, 1.82) is 0 Å². The van der Waals surface area contributed by atoms with Crippen molar-refractivity contribution >= 4 is 30.5 Å². The van der Waals surface area contributed by atoms with Crippen molar-refractivity contribution in [1.82, 2.24) is 19.9 Å². The van der Waals surface area contributed by atoms with Gasteiger partial charge in [0.25, 0.3) is 0 Å². The van der Waals surface area contributed by atoms with Crippen LogP contribution in [0.1, 0.15) is 55.8 Å². The quantitative estimate of drug-likeness (QED) is 0.404. The van der Waals surface area contributed by atoms with Crippen LogP contribution in [0.2, 0.25) is 0 Å². The number of hydrogen-bond donors (Lipinski definition) is 2. The number of aliphatic carboxylic acids is 1. The number of halogens is 1. The van der Waals surface area contributed by atoms with Gasteiger partial charge in [0.2, 0.25) is 0 Å². The number of thiol groups is 1. The van der Waals surface area contributed by atoms with E-state index in [0.717, 1.165) is 30.5 Å². The molecular formula is C24H29FN4O3S. The Bertz CT molecular complexity index is 1040. The minimum Gasteiger partial charge on any atom is -0.481 e. The van der Waals surface area contributed by atoms with E-state index in [4.69, 9.17) is 17.7 Å². The summed E-state index contributed by atoms with van der Waals surface area (Å²) < 4.78 is 16.5. The molecule has 33 heavy (non-hydrogen) atoms. The van der Waals surface area contributed by atoms with Crippen molar-refractivity contribution in [2.24, 2.45) is 5.92 Å². The molecule has 0 amide bonds. The molecule has 2 aromatic rings. The van der Waals surface area contributed by atoms with E-state index in [1.807, 2.05) is 6.08 Å². The van der Waals surface area contributed by atoms with Gasteiger partial charge in [-0.25, -0.2) is 9.07 Å². The Morgan fingerprint density at radius 2 is 2.03 bits per heavy atom. The number of carbonyl (C=O) groups is 2. The van der Waals surface area contributed by atoms with Gasteiger partial charge in [0, 0.05) is 42.8 Å². The standard InChI is InChI=1S/C24H29FN4O3S/c25-20-6-2-1-5-19(20)23(24(32)16-8-9-16)28-12-10-21(33)17(15-28)13-18-14-26-27-29(18)11-4-3-7-22(30)31/h1-2,5-6,13-14,16,21,23,33H,3-4,7-12,15H2,(H,30,31)/b17-13-. The maximum absolute atomic E-state index is 14.7. The number of nitrogens with zero attached hydrogens (tertiary/aromatic N) is 4. The zero-order valence-corrected chi connectivity index (χ0v) is 19.3. The van der Waals surface area contributed by atoms with Gasteiger partial charge in [-0.3, -0.25) is 14.5 Å². The maximum Gasteiger partial charge on any atom is 0.303 e. The first-order chi connectivity index (χ1) is 15.9. The molecule has 2 fully saturated rings. The molecule has 2 heterocycles. The lowest BCUT2D eigenvalue weighted by molar-refractivity contribution is -0.137. The molecular weight excluding hydrogens is 443 g/mol. The van der Waals surface area contributed by atoms with Crippen LogP contribution in [0.25, 0.3) is 6.08 Å². The van der Waals surface area contributed by atoms with Crippen LogP contribution in [0.3, 0.4) is 0 Å². The van der Waals surface area contributed by atoms with E-state index in [-0.39, 0.29) is 29.2 Å². The molecule has 0 bridgehead atoms. The van der Waals surface area contributed by atoms with Crippen molar-refractivity contribution in [2.75, 3.05) is 13.1 Å². The van der Waals surface area contributed by atoms with Crippen molar-refractivity contribution in [3.63, 3.8) is 0 Å².